The van der Waals surface area contributed by atoms with E-state index >= 15 is 0 Å². The minimum Gasteiger partial charge on any atom is -0.339 e. The quantitative estimate of drug-likeness (QED) is 0.843. The van der Waals surface area contributed by atoms with Crippen molar-refractivity contribution in [1.29, 1.82) is 0 Å². The van der Waals surface area contributed by atoms with Gasteiger partial charge in [0.15, 0.2) is 0 Å². The number of hydrogen-bond acceptors (Lipinski definition) is 3. The molecule has 0 radical (unpaired) electrons. The van der Waals surface area contributed by atoms with E-state index in [0.717, 1.165) is 90.8 Å². The van der Waals surface area contributed by atoms with Crippen LogP contribution in [0.3, 0.4) is 0 Å². The molecule has 0 atom stereocenters. The Morgan fingerprint density at radius 3 is 2.16 bits per heavy atom. The number of amides is 3. The Balaban J connectivity index is 1.53. The molecule has 3 saturated heterocycles. The van der Waals surface area contributed by atoms with Crippen LogP contribution in [-0.2, 0) is 4.79 Å². The SMILES string of the molecule is CCCN(C(=O)C1CCN(C(=O)N2CCCC2)CC1)C1CCNCC1. The number of piperidine rings is 2. The molecule has 142 valence electrons. The van der Waals surface area contributed by atoms with E-state index in [-0.39, 0.29) is 11.9 Å². The van der Waals surface area contributed by atoms with Gasteiger partial charge in [0.2, 0.25) is 5.91 Å². The summed E-state index contributed by atoms with van der Waals surface area (Å²) in [6.07, 6.45) is 7.05. The van der Waals surface area contributed by atoms with Crippen molar-refractivity contribution >= 4 is 11.9 Å². The highest BCUT2D eigenvalue weighted by Crippen LogP contribution is 2.24. The first-order valence-electron chi connectivity index (χ1n) is 10.3. The molecule has 3 rings (SSSR count). The first-order valence-corrected chi connectivity index (χ1v) is 10.3. The van der Waals surface area contributed by atoms with Crippen LogP contribution in [0.2, 0.25) is 0 Å². The Kier molecular flexibility index (Phi) is 6.57. The molecule has 0 saturated carbocycles. The lowest BCUT2D eigenvalue weighted by atomic mass is 9.93. The third-order valence-electron chi connectivity index (χ3n) is 5.99. The fourth-order valence-electron chi connectivity index (χ4n) is 4.49. The first kappa shape index (κ1) is 18.5. The first-order chi connectivity index (χ1) is 12.2. The van der Waals surface area contributed by atoms with Crippen LogP contribution in [0.25, 0.3) is 0 Å². The maximum atomic E-state index is 13.1. The predicted octanol–water partition coefficient (Wildman–Crippen LogP) is 1.90. The van der Waals surface area contributed by atoms with Crippen molar-refractivity contribution in [2.75, 3.05) is 45.8 Å². The summed E-state index contributed by atoms with van der Waals surface area (Å²) in [5.41, 5.74) is 0. The zero-order valence-electron chi connectivity index (χ0n) is 15.7. The molecule has 3 fully saturated rings. The third-order valence-corrected chi connectivity index (χ3v) is 5.99. The molecule has 0 unspecified atom stereocenters. The summed E-state index contributed by atoms with van der Waals surface area (Å²) in [4.78, 5) is 31.7. The summed E-state index contributed by atoms with van der Waals surface area (Å²) in [5.74, 6) is 0.436. The van der Waals surface area contributed by atoms with E-state index < -0.39 is 0 Å². The number of rotatable bonds is 4. The molecule has 3 heterocycles. The van der Waals surface area contributed by atoms with Gasteiger partial charge in [-0.2, -0.15) is 0 Å². The molecule has 1 N–H and O–H groups in total. The molecule has 25 heavy (non-hydrogen) atoms. The van der Waals surface area contributed by atoms with Gasteiger partial charge in [-0.1, -0.05) is 6.92 Å². The number of carbonyl (C=O) groups excluding carboxylic acids is 2. The summed E-state index contributed by atoms with van der Waals surface area (Å²) in [6.45, 7) is 8.32. The number of hydrogen-bond donors (Lipinski definition) is 1. The van der Waals surface area contributed by atoms with E-state index in [2.05, 4.69) is 17.1 Å². The maximum absolute atomic E-state index is 13.1. The highest BCUT2D eigenvalue weighted by atomic mass is 16.2. The molecule has 0 spiro atoms. The zero-order chi connectivity index (χ0) is 17.6. The molecular formula is C19H34N4O2. The van der Waals surface area contributed by atoms with Gasteiger partial charge in [0, 0.05) is 44.7 Å². The van der Waals surface area contributed by atoms with Gasteiger partial charge >= 0.3 is 6.03 Å². The molecule has 6 heteroatoms. The number of urea groups is 1. The molecule has 0 aromatic carbocycles. The zero-order valence-corrected chi connectivity index (χ0v) is 15.7. The standard InChI is InChI=1S/C19H34N4O2/c1-2-11-23(17-5-9-20-10-6-17)18(24)16-7-14-22(15-8-16)19(25)21-12-3-4-13-21/h16-17,20H,2-15H2,1H3. The van der Waals surface area contributed by atoms with Gasteiger partial charge in [-0.3, -0.25) is 4.79 Å². The van der Waals surface area contributed by atoms with Crippen molar-refractivity contribution < 1.29 is 9.59 Å². The molecule has 0 aromatic rings. The Morgan fingerprint density at radius 1 is 0.960 bits per heavy atom. The fraction of sp³-hybridized carbons (Fsp3) is 0.895. The van der Waals surface area contributed by atoms with Gasteiger partial charge in [0.25, 0.3) is 0 Å². The monoisotopic (exact) mass is 350 g/mol. The molecule has 0 bridgehead atoms. The fourth-order valence-corrected chi connectivity index (χ4v) is 4.49. The Labute approximate surface area is 151 Å². The lowest BCUT2D eigenvalue weighted by Crippen LogP contribution is -2.51. The predicted molar refractivity (Wildman–Crippen MR) is 98.4 cm³/mol. The van der Waals surface area contributed by atoms with Crippen LogP contribution in [0.5, 0.6) is 0 Å². The van der Waals surface area contributed by atoms with Crippen LogP contribution < -0.4 is 5.32 Å². The van der Waals surface area contributed by atoms with Crippen molar-refractivity contribution in [3.05, 3.63) is 0 Å². The van der Waals surface area contributed by atoms with Crippen LogP contribution in [0.1, 0.15) is 51.9 Å². The van der Waals surface area contributed by atoms with Gasteiger partial charge in [0.1, 0.15) is 0 Å². The molecule has 3 amide bonds. The van der Waals surface area contributed by atoms with E-state index in [1.54, 1.807) is 0 Å². The lowest BCUT2D eigenvalue weighted by molar-refractivity contribution is -0.140. The van der Waals surface area contributed by atoms with Gasteiger partial charge in [-0.15, -0.1) is 0 Å². The lowest BCUT2D eigenvalue weighted by Gasteiger charge is -2.39. The van der Waals surface area contributed by atoms with Crippen LogP contribution in [0.15, 0.2) is 0 Å². The second kappa shape index (κ2) is 8.88. The molecule has 0 aromatic heterocycles. The smallest absolute Gasteiger partial charge is 0.319 e. The normalized spacial score (nSPS) is 23.1. The average molecular weight is 351 g/mol. The second-order valence-electron chi connectivity index (χ2n) is 7.75. The average Bonchev–Trinajstić information content (AvgIpc) is 3.20. The van der Waals surface area contributed by atoms with Gasteiger partial charge in [-0.25, -0.2) is 4.79 Å². The maximum Gasteiger partial charge on any atom is 0.319 e. The van der Waals surface area contributed by atoms with Gasteiger partial charge in [0.05, 0.1) is 0 Å². The summed E-state index contributed by atoms with van der Waals surface area (Å²) in [6, 6.07) is 0.588. The largest absolute Gasteiger partial charge is 0.339 e. The number of likely N-dealkylation sites (tertiary alicyclic amines) is 2. The topological polar surface area (TPSA) is 55.9 Å². The minimum atomic E-state index is 0.101. The number of nitrogens with one attached hydrogen (secondary N) is 1. The minimum absolute atomic E-state index is 0.101. The summed E-state index contributed by atoms with van der Waals surface area (Å²) in [7, 11) is 0. The van der Waals surface area contributed by atoms with E-state index in [1.807, 2.05) is 9.80 Å². The molecule has 3 aliphatic rings. The van der Waals surface area contributed by atoms with Crippen molar-refractivity contribution in [3.63, 3.8) is 0 Å². The number of carbonyl (C=O) groups is 2. The van der Waals surface area contributed by atoms with Gasteiger partial charge in [-0.05, 0) is 58.0 Å². The van der Waals surface area contributed by atoms with Gasteiger partial charge < -0.3 is 20.0 Å². The molecular weight excluding hydrogens is 316 g/mol. The van der Waals surface area contributed by atoms with E-state index in [9.17, 15) is 9.59 Å². The number of nitrogens with zero attached hydrogens (tertiary/aromatic N) is 3. The van der Waals surface area contributed by atoms with Crippen molar-refractivity contribution in [1.82, 2.24) is 20.0 Å². The molecule has 0 aliphatic carbocycles. The van der Waals surface area contributed by atoms with Crippen molar-refractivity contribution in [2.45, 2.75) is 57.9 Å². The van der Waals surface area contributed by atoms with Crippen LogP contribution >= 0.6 is 0 Å². The highest BCUT2D eigenvalue weighted by molar-refractivity contribution is 5.80. The van der Waals surface area contributed by atoms with E-state index in [1.165, 1.54) is 0 Å². The summed E-state index contributed by atoms with van der Waals surface area (Å²) in [5, 5.41) is 3.39. The second-order valence-corrected chi connectivity index (χ2v) is 7.75. The van der Waals surface area contributed by atoms with Crippen molar-refractivity contribution in [3.8, 4) is 0 Å². The van der Waals surface area contributed by atoms with E-state index in [0.29, 0.717) is 11.9 Å². The van der Waals surface area contributed by atoms with Crippen LogP contribution in [0.4, 0.5) is 4.79 Å². The summed E-state index contributed by atoms with van der Waals surface area (Å²) < 4.78 is 0. The summed E-state index contributed by atoms with van der Waals surface area (Å²) >= 11 is 0. The van der Waals surface area contributed by atoms with Crippen LogP contribution in [0, 0.1) is 5.92 Å². The Hall–Kier alpha value is -1.30. The molecule has 3 aliphatic heterocycles. The van der Waals surface area contributed by atoms with Crippen LogP contribution in [-0.4, -0.2) is 78.5 Å². The third kappa shape index (κ3) is 4.46. The van der Waals surface area contributed by atoms with E-state index in [4.69, 9.17) is 0 Å². The molecule has 6 nitrogen and oxygen atoms in total. The Morgan fingerprint density at radius 2 is 1.56 bits per heavy atom. The van der Waals surface area contributed by atoms with Crippen molar-refractivity contribution in [2.24, 2.45) is 5.92 Å². The Bertz CT molecular complexity index is 450. The highest BCUT2D eigenvalue weighted by Gasteiger charge is 2.34.